The van der Waals surface area contributed by atoms with E-state index in [1.807, 2.05) is 0 Å². The van der Waals surface area contributed by atoms with Gasteiger partial charge >= 0.3 is 0 Å². The lowest BCUT2D eigenvalue weighted by atomic mass is 9.88. The molecule has 1 aromatic rings. The topological polar surface area (TPSA) is 15.3 Å². The molecule has 2 aliphatic heterocycles. The Labute approximate surface area is 133 Å². The van der Waals surface area contributed by atoms with Crippen molar-refractivity contribution in [2.75, 3.05) is 37.7 Å². The van der Waals surface area contributed by atoms with E-state index in [9.17, 15) is 0 Å². The monoisotopic (exact) mass is 312 g/mol. The minimum absolute atomic E-state index is 0. The van der Waals surface area contributed by atoms with Crippen LogP contribution in [0.1, 0.15) is 24.9 Å². The molecule has 0 aliphatic carbocycles. The fraction of sp³-hybridized carbons (Fsp3) is 0.625. The van der Waals surface area contributed by atoms with Gasteiger partial charge in [0.05, 0.1) is 0 Å². The summed E-state index contributed by atoms with van der Waals surface area (Å²) in [6.45, 7) is 7.28. The van der Waals surface area contributed by atoms with Crippen molar-refractivity contribution < 1.29 is 0 Å². The molecular formula is C16H25ClN2S. The van der Waals surface area contributed by atoms with Crippen LogP contribution in [-0.4, -0.2) is 42.6 Å². The van der Waals surface area contributed by atoms with Crippen LogP contribution < -0.4 is 5.32 Å². The van der Waals surface area contributed by atoms with Crippen molar-refractivity contribution in [3.8, 4) is 0 Å². The predicted octanol–water partition coefficient (Wildman–Crippen LogP) is 3.20. The van der Waals surface area contributed by atoms with Gasteiger partial charge in [-0.05, 0) is 23.9 Å². The van der Waals surface area contributed by atoms with Gasteiger partial charge in [-0.3, -0.25) is 4.90 Å². The van der Waals surface area contributed by atoms with Gasteiger partial charge in [0, 0.05) is 37.2 Å². The summed E-state index contributed by atoms with van der Waals surface area (Å²) < 4.78 is 0. The molecule has 2 aliphatic rings. The first kappa shape index (κ1) is 16.2. The van der Waals surface area contributed by atoms with Crippen molar-refractivity contribution >= 4 is 24.2 Å². The highest BCUT2D eigenvalue weighted by atomic mass is 35.5. The van der Waals surface area contributed by atoms with Crippen LogP contribution in [0.4, 0.5) is 0 Å². The Morgan fingerprint density at radius 1 is 1.35 bits per heavy atom. The summed E-state index contributed by atoms with van der Waals surface area (Å²) in [5.74, 6) is 2.53. The molecule has 1 N–H and O–H groups in total. The molecule has 2 atom stereocenters. The molecule has 2 fully saturated rings. The van der Waals surface area contributed by atoms with Crippen molar-refractivity contribution in [3.63, 3.8) is 0 Å². The molecule has 0 amide bonds. The lowest BCUT2D eigenvalue weighted by molar-refractivity contribution is 0.143. The summed E-state index contributed by atoms with van der Waals surface area (Å²) >= 11 is 2.10. The highest BCUT2D eigenvalue weighted by Crippen LogP contribution is 2.34. The van der Waals surface area contributed by atoms with E-state index >= 15 is 0 Å². The van der Waals surface area contributed by atoms with Gasteiger partial charge < -0.3 is 5.32 Å². The smallest absolute Gasteiger partial charge is 0.0439 e. The Morgan fingerprint density at radius 3 is 2.85 bits per heavy atom. The van der Waals surface area contributed by atoms with E-state index in [2.05, 4.69) is 59.2 Å². The third-order valence-electron chi connectivity index (χ3n) is 4.47. The molecule has 4 heteroatoms. The maximum Gasteiger partial charge on any atom is 0.0439 e. The number of hydrogen-bond acceptors (Lipinski definition) is 3. The molecule has 2 nitrogen and oxygen atoms in total. The predicted molar refractivity (Wildman–Crippen MR) is 90.9 cm³/mol. The zero-order valence-corrected chi connectivity index (χ0v) is 13.8. The van der Waals surface area contributed by atoms with Crippen LogP contribution in [0, 0.1) is 5.41 Å². The molecule has 0 bridgehead atoms. The number of hydrogen-bond donors (Lipinski definition) is 1. The van der Waals surface area contributed by atoms with Crippen molar-refractivity contribution in [2.24, 2.45) is 5.41 Å². The number of nitrogens with one attached hydrogen (secondary N) is 1. The van der Waals surface area contributed by atoms with Gasteiger partial charge in [0.15, 0.2) is 0 Å². The highest BCUT2D eigenvalue weighted by molar-refractivity contribution is 7.99. The Bertz CT molecular complexity index is 406. The Balaban J connectivity index is 0.00000147. The van der Waals surface area contributed by atoms with Gasteiger partial charge in [0.25, 0.3) is 0 Å². The molecular weight excluding hydrogens is 288 g/mol. The number of thioether (sulfide) groups is 1. The standard InChI is InChI=1S/C16H24N2S.ClH/c1-16(7-8-17-12-16)13-18-9-10-19-11-15(18)14-5-3-2-4-6-14;/h2-6,15,17H,7-13H2,1H3;1H. The maximum absolute atomic E-state index is 3.53. The average Bonchev–Trinajstić information content (AvgIpc) is 2.87. The normalized spacial score (nSPS) is 30.9. The third kappa shape index (κ3) is 3.70. The number of benzene rings is 1. The van der Waals surface area contributed by atoms with Crippen LogP contribution in [0.2, 0.25) is 0 Å². The van der Waals surface area contributed by atoms with Crippen LogP contribution in [0.5, 0.6) is 0 Å². The first-order valence-electron chi connectivity index (χ1n) is 7.34. The van der Waals surface area contributed by atoms with Crippen molar-refractivity contribution in [3.05, 3.63) is 35.9 Å². The minimum atomic E-state index is 0. The number of rotatable bonds is 3. The van der Waals surface area contributed by atoms with E-state index in [-0.39, 0.29) is 12.4 Å². The van der Waals surface area contributed by atoms with Gasteiger partial charge in [-0.2, -0.15) is 11.8 Å². The average molecular weight is 313 g/mol. The van der Waals surface area contributed by atoms with Gasteiger partial charge in [-0.15, -0.1) is 12.4 Å². The first-order valence-corrected chi connectivity index (χ1v) is 8.50. The molecule has 2 unspecified atom stereocenters. The molecule has 1 aromatic carbocycles. The Kier molecular flexibility index (Phi) is 5.79. The second-order valence-corrected chi connectivity index (χ2v) is 7.36. The molecule has 0 radical (unpaired) electrons. The zero-order valence-electron chi connectivity index (χ0n) is 12.2. The van der Waals surface area contributed by atoms with E-state index in [0.29, 0.717) is 11.5 Å². The number of halogens is 1. The molecule has 3 rings (SSSR count). The van der Waals surface area contributed by atoms with E-state index < -0.39 is 0 Å². The van der Waals surface area contributed by atoms with E-state index in [1.165, 1.54) is 49.7 Å². The summed E-state index contributed by atoms with van der Waals surface area (Å²) in [4.78, 5) is 2.72. The quantitative estimate of drug-likeness (QED) is 0.922. The Hall–Kier alpha value is -0.220. The summed E-state index contributed by atoms with van der Waals surface area (Å²) in [5.41, 5.74) is 1.96. The van der Waals surface area contributed by atoms with E-state index in [0.717, 1.165) is 0 Å². The third-order valence-corrected chi connectivity index (χ3v) is 5.49. The summed E-state index contributed by atoms with van der Waals surface area (Å²) in [7, 11) is 0. The summed E-state index contributed by atoms with van der Waals surface area (Å²) in [6.07, 6.45) is 1.32. The Morgan fingerprint density at radius 2 is 2.15 bits per heavy atom. The van der Waals surface area contributed by atoms with Crippen LogP contribution in [0.25, 0.3) is 0 Å². The highest BCUT2D eigenvalue weighted by Gasteiger charge is 2.34. The fourth-order valence-corrected chi connectivity index (χ4v) is 4.46. The summed E-state index contributed by atoms with van der Waals surface area (Å²) in [5, 5.41) is 3.53. The van der Waals surface area contributed by atoms with Gasteiger partial charge in [-0.25, -0.2) is 0 Å². The van der Waals surface area contributed by atoms with Crippen molar-refractivity contribution in [1.29, 1.82) is 0 Å². The maximum atomic E-state index is 3.53. The first-order chi connectivity index (χ1) is 9.27. The van der Waals surface area contributed by atoms with Gasteiger partial charge in [-0.1, -0.05) is 37.3 Å². The lowest BCUT2D eigenvalue weighted by Gasteiger charge is -2.40. The molecule has 2 saturated heterocycles. The second kappa shape index (κ2) is 7.17. The largest absolute Gasteiger partial charge is 0.316 e. The summed E-state index contributed by atoms with van der Waals surface area (Å²) in [6, 6.07) is 11.7. The molecule has 112 valence electrons. The van der Waals surface area contributed by atoms with Crippen LogP contribution in [-0.2, 0) is 0 Å². The molecule has 0 spiro atoms. The fourth-order valence-electron chi connectivity index (χ4n) is 3.30. The van der Waals surface area contributed by atoms with E-state index in [1.54, 1.807) is 0 Å². The lowest BCUT2D eigenvalue weighted by Crippen LogP contribution is -2.43. The van der Waals surface area contributed by atoms with E-state index in [4.69, 9.17) is 0 Å². The van der Waals surface area contributed by atoms with Crippen LogP contribution in [0.3, 0.4) is 0 Å². The molecule has 2 heterocycles. The molecule has 0 saturated carbocycles. The van der Waals surface area contributed by atoms with Gasteiger partial charge in [0.2, 0.25) is 0 Å². The zero-order chi connectivity index (χ0) is 13.1. The van der Waals surface area contributed by atoms with Crippen LogP contribution in [0.15, 0.2) is 30.3 Å². The minimum Gasteiger partial charge on any atom is -0.316 e. The van der Waals surface area contributed by atoms with Gasteiger partial charge in [0.1, 0.15) is 0 Å². The molecule has 0 aromatic heterocycles. The van der Waals surface area contributed by atoms with Crippen molar-refractivity contribution in [2.45, 2.75) is 19.4 Å². The van der Waals surface area contributed by atoms with Crippen molar-refractivity contribution in [1.82, 2.24) is 10.2 Å². The number of nitrogens with zero attached hydrogens (tertiary/aromatic N) is 1. The second-order valence-electron chi connectivity index (χ2n) is 6.21. The molecule has 20 heavy (non-hydrogen) atoms. The van der Waals surface area contributed by atoms with Crippen LogP contribution >= 0.6 is 24.2 Å². The SMILES string of the molecule is CC1(CN2CCSCC2c2ccccc2)CCNC1.Cl.